The van der Waals surface area contributed by atoms with E-state index in [0.29, 0.717) is 29.0 Å². The maximum atomic E-state index is 12.3. The number of hydrogen-bond acceptors (Lipinski definition) is 4. The summed E-state index contributed by atoms with van der Waals surface area (Å²) < 4.78 is 4.91. The van der Waals surface area contributed by atoms with Crippen LogP contribution in [0.5, 0.6) is 0 Å². The van der Waals surface area contributed by atoms with E-state index in [1.165, 1.54) is 12.5 Å². The number of nitrogens with one attached hydrogen (secondary N) is 4. The second kappa shape index (κ2) is 8.05. The third-order valence-corrected chi connectivity index (χ3v) is 4.34. The number of urea groups is 1. The zero-order chi connectivity index (χ0) is 18.5. The summed E-state index contributed by atoms with van der Waals surface area (Å²) in [5, 5.41) is 12.1. The Balaban J connectivity index is 1.56. The molecular weight excluding hydrogens is 332 g/mol. The molecule has 0 saturated carbocycles. The highest BCUT2D eigenvalue weighted by atomic mass is 16.3. The summed E-state index contributed by atoms with van der Waals surface area (Å²) in [7, 11) is 0. The van der Waals surface area contributed by atoms with Gasteiger partial charge in [-0.2, -0.15) is 0 Å². The molecule has 0 aliphatic carbocycles. The first kappa shape index (κ1) is 18.0. The van der Waals surface area contributed by atoms with Gasteiger partial charge in [-0.15, -0.1) is 0 Å². The van der Waals surface area contributed by atoms with Crippen molar-refractivity contribution in [3.8, 4) is 0 Å². The van der Waals surface area contributed by atoms with Crippen molar-refractivity contribution in [2.75, 3.05) is 10.6 Å². The molecule has 7 nitrogen and oxygen atoms in total. The SMILES string of the molecule is CC1CC(NC(=O)Nc2cccc(NC(=O)c3ccoc3)c2)CC(C)N1. The molecule has 3 rings (SSSR count). The summed E-state index contributed by atoms with van der Waals surface area (Å²) >= 11 is 0. The van der Waals surface area contributed by atoms with Gasteiger partial charge >= 0.3 is 6.03 Å². The van der Waals surface area contributed by atoms with Gasteiger partial charge in [0.15, 0.2) is 0 Å². The van der Waals surface area contributed by atoms with Gasteiger partial charge in [0.05, 0.1) is 11.8 Å². The first-order valence-corrected chi connectivity index (χ1v) is 8.77. The van der Waals surface area contributed by atoms with Crippen LogP contribution < -0.4 is 21.3 Å². The molecule has 2 atom stereocenters. The first-order valence-electron chi connectivity index (χ1n) is 8.77. The Labute approximate surface area is 152 Å². The number of anilines is 2. The van der Waals surface area contributed by atoms with Gasteiger partial charge in [-0.1, -0.05) is 6.07 Å². The highest BCUT2D eigenvalue weighted by Crippen LogP contribution is 2.17. The second-order valence-corrected chi connectivity index (χ2v) is 6.78. The van der Waals surface area contributed by atoms with Crippen LogP contribution in [0.1, 0.15) is 37.0 Å². The molecule has 2 aromatic rings. The lowest BCUT2D eigenvalue weighted by Gasteiger charge is -2.33. The molecule has 1 saturated heterocycles. The minimum atomic E-state index is -0.266. The molecule has 3 amide bonds. The molecule has 138 valence electrons. The number of furan rings is 1. The number of piperidine rings is 1. The Hall–Kier alpha value is -2.80. The summed E-state index contributed by atoms with van der Waals surface area (Å²) in [4.78, 5) is 24.3. The van der Waals surface area contributed by atoms with Gasteiger partial charge in [0.2, 0.25) is 0 Å². The molecule has 2 heterocycles. The predicted octanol–water partition coefficient (Wildman–Crippen LogP) is 3.18. The van der Waals surface area contributed by atoms with Crippen molar-refractivity contribution in [2.45, 2.75) is 44.8 Å². The van der Waals surface area contributed by atoms with Crippen LogP contribution in [0.25, 0.3) is 0 Å². The predicted molar refractivity (Wildman–Crippen MR) is 100 cm³/mol. The molecule has 1 aliphatic heterocycles. The molecule has 0 radical (unpaired) electrons. The van der Waals surface area contributed by atoms with Crippen LogP contribution in [0.2, 0.25) is 0 Å². The standard InChI is InChI=1S/C19H24N4O3/c1-12-8-17(9-13(2)20-12)23-19(25)22-16-5-3-4-15(10-16)21-18(24)14-6-7-26-11-14/h3-7,10-13,17,20H,8-9H2,1-2H3,(H,21,24)(H2,22,23,25). The van der Waals surface area contributed by atoms with Crippen molar-refractivity contribution in [1.82, 2.24) is 10.6 Å². The van der Waals surface area contributed by atoms with E-state index in [-0.39, 0.29) is 18.0 Å². The van der Waals surface area contributed by atoms with Gasteiger partial charge in [-0.05, 0) is 51.0 Å². The first-order chi connectivity index (χ1) is 12.5. The van der Waals surface area contributed by atoms with Crippen molar-refractivity contribution in [2.24, 2.45) is 0 Å². The summed E-state index contributed by atoms with van der Waals surface area (Å²) in [6, 6.07) is 9.28. The maximum absolute atomic E-state index is 12.3. The fourth-order valence-corrected chi connectivity index (χ4v) is 3.31. The number of benzene rings is 1. The molecule has 26 heavy (non-hydrogen) atoms. The second-order valence-electron chi connectivity index (χ2n) is 6.78. The highest BCUT2D eigenvalue weighted by molar-refractivity contribution is 6.04. The van der Waals surface area contributed by atoms with Crippen LogP contribution in [0.15, 0.2) is 47.3 Å². The topological polar surface area (TPSA) is 95.4 Å². The minimum Gasteiger partial charge on any atom is -0.472 e. The third kappa shape index (κ3) is 4.86. The number of rotatable bonds is 4. The average molecular weight is 356 g/mol. The monoisotopic (exact) mass is 356 g/mol. The van der Waals surface area contributed by atoms with Crippen molar-refractivity contribution >= 4 is 23.3 Å². The van der Waals surface area contributed by atoms with E-state index >= 15 is 0 Å². The fraction of sp³-hybridized carbons (Fsp3) is 0.368. The van der Waals surface area contributed by atoms with Gasteiger partial charge in [0.25, 0.3) is 5.91 Å². The Morgan fingerprint density at radius 3 is 2.42 bits per heavy atom. The Bertz CT molecular complexity index is 750. The van der Waals surface area contributed by atoms with Crippen molar-refractivity contribution in [3.63, 3.8) is 0 Å². The van der Waals surface area contributed by atoms with E-state index in [1.54, 1.807) is 30.3 Å². The fourth-order valence-electron chi connectivity index (χ4n) is 3.31. The van der Waals surface area contributed by atoms with Crippen molar-refractivity contribution in [1.29, 1.82) is 0 Å². The molecule has 7 heteroatoms. The van der Waals surface area contributed by atoms with Crippen LogP contribution in [-0.4, -0.2) is 30.1 Å². The van der Waals surface area contributed by atoms with E-state index in [2.05, 4.69) is 35.1 Å². The van der Waals surface area contributed by atoms with Crippen LogP contribution in [0, 0.1) is 0 Å². The zero-order valence-electron chi connectivity index (χ0n) is 14.9. The van der Waals surface area contributed by atoms with Crippen LogP contribution in [0.4, 0.5) is 16.2 Å². The van der Waals surface area contributed by atoms with E-state index < -0.39 is 0 Å². The minimum absolute atomic E-state index is 0.144. The highest BCUT2D eigenvalue weighted by Gasteiger charge is 2.24. The van der Waals surface area contributed by atoms with E-state index in [9.17, 15) is 9.59 Å². The maximum Gasteiger partial charge on any atom is 0.319 e. The summed E-state index contributed by atoms with van der Waals surface area (Å²) in [6.07, 6.45) is 4.63. The van der Waals surface area contributed by atoms with E-state index in [0.717, 1.165) is 12.8 Å². The van der Waals surface area contributed by atoms with Gasteiger partial charge in [-0.25, -0.2) is 4.79 Å². The molecule has 0 bridgehead atoms. The lowest BCUT2D eigenvalue weighted by molar-refractivity contribution is 0.102. The largest absolute Gasteiger partial charge is 0.472 e. The molecule has 1 aromatic heterocycles. The average Bonchev–Trinajstić information content (AvgIpc) is 3.08. The number of hydrogen-bond donors (Lipinski definition) is 4. The summed E-state index contributed by atoms with van der Waals surface area (Å²) in [5.41, 5.74) is 1.65. The van der Waals surface area contributed by atoms with Gasteiger partial charge in [-0.3, -0.25) is 4.79 Å². The molecule has 4 N–H and O–H groups in total. The quantitative estimate of drug-likeness (QED) is 0.677. The van der Waals surface area contributed by atoms with E-state index in [1.807, 2.05) is 0 Å². The smallest absolute Gasteiger partial charge is 0.319 e. The summed E-state index contributed by atoms with van der Waals surface area (Å²) in [6.45, 7) is 4.24. The zero-order valence-corrected chi connectivity index (χ0v) is 14.9. The van der Waals surface area contributed by atoms with Crippen molar-refractivity contribution in [3.05, 3.63) is 48.4 Å². The normalized spacial score (nSPS) is 22.5. The lowest BCUT2D eigenvalue weighted by atomic mass is 9.95. The van der Waals surface area contributed by atoms with Gasteiger partial charge in [0.1, 0.15) is 6.26 Å². The van der Waals surface area contributed by atoms with Gasteiger partial charge < -0.3 is 25.7 Å². The van der Waals surface area contributed by atoms with Crippen molar-refractivity contribution < 1.29 is 14.0 Å². The molecule has 1 fully saturated rings. The number of amides is 3. The summed E-state index contributed by atoms with van der Waals surface area (Å²) in [5.74, 6) is -0.266. The Kier molecular flexibility index (Phi) is 5.58. The lowest BCUT2D eigenvalue weighted by Crippen LogP contribution is -2.51. The van der Waals surface area contributed by atoms with Crippen LogP contribution in [0.3, 0.4) is 0 Å². The molecule has 1 aromatic carbocycles. The molecular formula is C19H24N4O3. The Morgan fingerprint density at radius 2 is 1.77 bits per heavy atom. The number of carbonyl (C=O) groups excluding carboxylic acids is 2. The number of carbonyl (C=O) groups is 2. The van der Waals surface area contributed by atoms with Crippen LogP contribution in [-0.2, 0) is 0 Å². The molecule has 2 unspecified atom stereocenters. The third-order valence-electron chi connectivity index (χ3n) is 4.34. The molecule has 0 spiro atoms. The molecule has 1 aliphatic rings. The van der Waals surface area contributed by atoms with Crippen LogP contribution >= 0.6 is 0 Å². The van der Waals surface area contributed by atoms with Gasteiger partial charge in [0, 0.05) is 29.5 Å². The Morgan fingerprint density at radius 1 is 1.08 bits per heavy atom. The van der Waals surface area contributed by atoms with E-state index in [4.69, 9.17) is 4.42 Å².